The fraction of sp³-hybridized carbons (Fsp3) is 0.765. The minimum absolute atomic E-state index is 0. The van der Waals surface area contributed by atoms with Crippen molar-refractivity contribution in [3.05, 3.63) is 18.2 Å². The van der Waals surface area contributed by atoms with Gasteiger partial charge in [-0.15, -0.1) is 0 Å². The van der Waals surface area contributed by atoms with Crippen LogP contribution in [0.15, 0.2) is 12.5 Å². The third kappa shape index (κ3) is 47.6. The number of Topliss-reactive ketones (excluding diaryl/α,β-unsaturated/α-hetero) is 5. The number of carboxylic acid groups (broad SMARTS) is 4. The number of unbranched alkanes of at least 4 members (excludes halogenated alkanes) is 14. The molecular weight excluding hydrogens is 1260 g/mol. The highest BCUT2D eigenvalue weighted by Gasteiger charge is 2.36. The predicted octanol–water partition coefficient (Wildman–Crippen LogP) is 5.69. The van der Waals surface area contributed by atoms with E-state index in [1.807, 2.05) is 0 Å². The molecule has 1 aromatic rings. The Morgan fingerprint density at radius 1 is 0.526 bits per heavy atom. The fourth-order valence-electron chi connectivity index (χ4n) is 10.4. The van der Waals surface area contributed by atoms with E-state index in [1.54, 1.807) is 27.0 Å². The Morgan fingerprint density at radius 2 is 1.04 bits per heavy atom. The van der Waals surface area contributed by atoms with Gasteiger partial charge >= 0.3 is 23.9 Å². The van der Waals surface area contributed by atoms with Crippen molar-refractivity contribution in [2.75, 3.05) is 65.9 Å². The number of ketones is 5. The van der Waals surface area contributed by atoms with Gasteiger partial charge in [-0.25, -0.2) is 14.6 Å². The molecule has 1 heterocycles. The Morgan fingerprint density at radius 3 is 1.59 bits per heavy atom. The van der Waals surface area contributed by atoms with Crippen molar-refractivity contribution in [3.63, 3.8) is 0 Å². The highest BCUT2D eigenvalue weighted by molar-refractivity contribution is 5.95. The topological polar surface area (TPSA) is 455 Å². The van der Waals surface area contributed by atoms with Gasteiger partial charge in [0.2, 0.25) is 23.6 Å². The van der Waals surface area contributed by atoms with Crippen LogP contribution in [0.1, 0.15) is 227 Å². The summed E-state index contributed by atoms with van der Waals surface area (Å²) in [5.74, 6) is -9.38. The third-order valence-electron chi connectivity index (χ3n) is 16.0. The van der Waals surface area contributed by atoms with Crippen LogP contribution in [0.25, 0.3) is 0 Å². The molecule has 0 aliphatic rings. The monoisotopic (exact) mass is 1380 g/mol. The second-order valence-electron chi connectivity index (χ2n) is 25.2. The lowest BCUT2D eigenvalue weighted by Crippen LogP contribution is -2.49. The first-order chi connectivity index (χ1) is 45.7. The zero-order valence-electron chi connectivity index (χ0n) is 57.2. The highest BCUT2D eigenvalue weighted by atomic mass is 16.5. The predicted molar refractivity (Wildman–Crippen MR) is 359 cm³/mol. The number of carbonyl (C=O) groups is 13. The molecule has 0 saturated carbocycles. The van der Waals surface area contributed by atoms with Gasteiger partial charge in [-0.1, -0.05) is 98.3 Å². The summed E-state index contributed by atoms with van der Waals surface area (Å²) in [5.41, 5.74) is 5.73. The molecule has 97 heavy (non-hydrogen) atoms. The molecule has 12 N–H and O–H groups in total. The number of nitrogens with one attached hydrogen (secondary N) is 6. The number of carbonyl (C=O) groups excluding carboxylic acids is 9. The first-order valence-corrected chi connectivity index (χ1v) is 34.1. The number of nitrogens with zero attached hydrogens (tertiary/aromatic N) is 1. The number of rotatable bonds is 65. The first kappa shape index (κ1) is 90.1. The van der Waals surface area contributed by atoms with Crippen LogP contribution in [0.3, 0.4) is 0 Å². The molecule has 6 atom stereocenters. The van der Waals surface area contributed by atoms with Gasteiger partial charge in [0.25, 0.3) is 0 Å². The van der Waals surface area contributed by atoms with Crippen LogP contribution in [0.2, 0.25) is 0 Å². The van der Waals surface area contributed by atoms with Gasteiger partial charge in [-0.2, -0.15) is 0 Å². The average Bonchev–Trinajstić information content (AvgIpc) is 1.05. The molecule has 1 rings (SSSR count). The number of H-pyrrole nitrogens is 1. The van der Waals surface area contributed by atoms with Gasteiger partial charge in [0.15, 0.2) is 17.3 Å². The molecule has 0 aliphatic heterocycles. The van der Waals surface area contributed by atoms with E-state index in [1.165, 1.54) is 45.4 Å². The molecular formula is C68H116N8O21. The summed E-state index contributed by atoms with van der Waals surface area (Å²) in [5, 5.41) is 50.9. The zero-order chi connectivity index (χ0) is 71.5. The molecule has 4 amide bonds. The van der Waals surface area contributed by atoms with E-state index in [2.05, 4.69) is 36.6 Å². The summed E-state index contributed by atoms with van der Waals surface area (Å²) in [4.78, 5) is 167. The number of nitrogens with two attached hydrogens (primary N) is 1. The summed E-state index contributed by atoms with van der Waals surface area (Å²) in [6, 6.07) is -4.91. The lowest BCUT2D eigenvalue weighted by molar-refractivity contribution is -0.145. The molecule has 0 aliphatic carbocycles. The van der Waals surface area contributed by atoms with Crippen LogP contribution in [0, 0.1) is 11.3 Å². The number of hydrogen-bond acceptors (Lipinski definition) is 20. The molecule has 1 aromatic heterocycles. The number of hydrogen-bond donors (Lipinski definition) is 11. The summed E-state index contributed by atoms with van der Waals surface area (Å²) < 4.78 is 21.5. The van der Waals surface area contributed by atoms with Gasteiger partial charge < -0.3 is 71.4 Å². The third-order valence-corrected chi connectivity index (χ3v) is 16.0. The number of imidazole rings is 1. The van der Waals surface area contributed by atoms with Gasteiger partial charge in [-0.3, -0.25) is 58.1 Å². The molecule has 29 heteroatoms. The van der Waals surface area contributed by atoms with Gasteiger partial charge in [0.1, 0.15) is 36.9 Å². The maximum Gasteiger partial charge on any atom is 0.326 e. The van der Waals surface area contributed by atoms with Gasteiger partial charge in [-0.05, 0) is 71.6 Å². The van der Waals surface area contributed by atoms with E-state index in [4.69, 9.17) is 29.8 Å². The van der Waals surface area contributed by atoms with E-state index in [0.717, 1.165) is 51.4 Å². The van der Waals surface area contributed by atoms with E-state index in [-0.39, 0.29) is 166 Å². The first-order valence-electron chi connectivity index (χ1n) is 34.1. The number of aromatic nitrogens is 2. The van der Waals surface area contributed by atoms with Crippen molar-refractivity contribution in [2.24, 2.45) is 17.1 Å². The quantitative estimate of drug-likeness (QED) is 0.0349. The Kier molecular flexibility index (Phi) is 51.1. The Labute approximate surface area is 571 Å². The number of aliphatic carboxylic acids is 4. The standard InChI is InChI=1S/C67H112N8O21.CH4/c1-47(63(86)67(3,4)42-57(79)53(68)41-50-43-69-46-72-50)73-54(48(2)76)23-19-20-32-70-58(80)30-26-49(64(87)88)40-51(77)27-28-55(65(89)90)75-61(83)45-96-39-36-93-34-21-22-52(78)44-95-38-37-94-35-33-71-59(81)31-29-56(66(91)92)74-60(82)24-17-15-13-11-9-7-5-6-8-10-12-14-16-18-25-62(84)85;/h43,46-47,49,53-56,73H,5-42,44-45,68H2,1-4H3,(H,69,72)(H,70,80)(H,71,81)(H,74,82)(H,75,83)(H,84,85)(H,87,88)(H,89,90)(H,91,92);1H4/t47?,49-,53+,54+,55+,56+;/m1./s1. The van der Waals surface area contributed by atoms with E-state index >= 15 is 0 Å². The van der Waals surface area contributed by atoms with E-state index in [9.17, 15) is 77.6 Å². The number of aromatic amines is 1. The van der Waals surface area contributed by atoms with Crippen LogP contribution in [-0.4, -0.2) is 203 Å². The van der Waals surface area contributed by atoms with Crippen LogP contribution >= 0.6 is 0 Å². The molecule has 0 fully saturated rings. The fourth-order valence-corrected chi connectivity index (χ4v) is 10.4. The number of amides is 4. The van der Waals surface area contributed by atoms with Crippen molar-refractivity contribution in [1.29, 1.82) is 0 Å². The molecule has 0 radical (unpaired) electrons. The zero-order valence-corrected chi connectivity index (χ0v) is 57.2. The molecule has 554 valence electrons. The van der Waals surface area contributed by atoms with Gasteiger partial charge in [0, 0.05) is 94.8 Å². The normalized spacial score (nSPS) is 13.2. The highest BCUT2D eigenvalue weighted by Crippen LogP contribution is 2.26. The summed E-state index contributed by atoms with van der Waals surface area (Å²) in [6.07, 6.45) is 18.5. The Bertz CT molecular complexity index is 2500. The average molecular weight is 1380 g/mol. The molecule has 1 unspecified atom stereocenters. The van der Waals surface area contributed by atoms with Crippen LogP contribution in [0.5, 0.6) is 0 Å². The number of carboxylic acids is 4. The number of ether oxygens (including phenoxy) is 4. The van der Waals surface area contributed by atoms with Crippen molar-refractivity contribution >= 4 is 76.4 Å². The second kappa shape index (κ2) is 55.0. The van der Waals surface area contributed by atoms with Crippen LogP contribution in [0.4, 0.5) is 0 Å². The minimum atomic E-state index is -1.47. The lowest BCUT2D eigenvalue weighted by atomic mass is 9.78. The van der Waals surface area contributed by atoms with E-state index < -0.39 is 102 Å². The lowest BCUT2D eigenvalue weighted by Gasteiger charge is -2.29. The Balaban J connectivity index is 0.0000922. The molecule has 0 aromatic carbocycles. The molecule has 29 nitrogen and oxygen atoms in total. The van der Waals surface area contributed by atoms with Crippen molar-refractivity contribution in [1.82, 2.24) is 36.6 Å². The summed E-state index contributed by atoms with van der Waals surface area (Å²) >= 11 is 0. The summed E-state index contributed by atoms with van der Waals surface area (Å²) in [6.45, 7) is 6.71. The SMILES string of the molecule is C.CC(=O)[C@H](CCCCNC(=O)CC[C@H](CC(=O)CC[C@H](NC(=O)COCCOCCCC(=O)COCCOCCNC(=O)CC[C@H](NC(=O)CCCCCCCCCCCCCCCCC(=O)O)C(=O)O)C(=O)O)C(=O)O)NC(C)C(=O)C(C)(C)CC(=O)[C@@H](N)Cc1cnc[nH]1. The molecule has 0 saturated heterocycles. The molecule has 0 bridgehead atoms. The molecule has 0 spiro atoms. The smallest absolute Gasteiger partial charge is 0.326 e. The second-order valence-corrected chi connectivity index (χ2v) is 25.2. The largest absolute Gasteiger partial charge is 0.481 e. The van der Waals surface area contributed by atoms with Crippen molar-refractivity contribution < 1.29 is 102 Å². The van der Waals surface area contributed by atoms with Crippen molar-refractivity contribution in [2.45, 2.75) is 258 Å². The maximum atomic E-state index is 13.4. The van der Waals surface area contributed by atoms with Gasteiger partial charge in [0.05, 0.1) is 63.4 Å². The maximum absolute atomic E-state index is 13.4. The van der Waals surface area contributed by atoms with E-state index in [0.29, 0.717) is 37.8 Å². The van der Waals surface area contributed by atoms with Crippen molar-refractivity contribution in [3.8, 4) is 0 Å². The summed E-state index contributed by atoms with van der Waals surface area (Å²) in [7, 11) is 0. The van der Waals surface area contributed by atoms with Crippen LogP contribution in [-0.2, 0) is 87.7 Å². The minimum Gasteiger partial charge on any atom is -0.481 e. The van der Waals surface area contributed by atoms with Crippen LogP contribution < -0.4 is 32.3 Å². The Hall–Kier alpha value is -6.92.